The second-order valence-corrected chi connectivity index (χ2v) is 7.90. The lowest BCUT2D eigenvalue weighted by Gasteiger charge is -2.27. The lowest BCUT2D eigenvalue weighted by atomic mass is 9.94. The van der Waals surface area contributed by atoms with E-state index in [9.17, 15) is 15.3 Å². The van der Waals surface area contributed by atoms with Crippen molar-refractivity contribution in [1.29, 1.82) is 10.5 Å². The Bertz CT molecular complexity index is 972. The number of fused-ring (bicyclic) bond motifs is 1. The molecule has 1 aliphatic heterocycles. The first-order valence-electron chi connectivity index (χ1n) is 8.37. The number of hydrogen-bond acceptors (Lipinski definition) is 10. The van der Waals surface area contributed by atoms with E-state index < -0.39 is 28.4 Å². The molecular formula is C18H18N6O3S. The molecule has 2 heterocycles. The molecule has 0 radical (unpaired) electrons. The first-order chi connectivity index (χ1) is 13.2. The Morgan fingerprint density at radius 3 is 2.25 bits per heavy atom. The molecule has 28 heavy (non-hydrogen) atoms. The number of hydrogen-bond donors (Lipinski definition) is 1. The predicted octanol–water partition coefficient (Wildman–Crippen LogP) is 2.43. The minimum Gasteiger partial charge on any atom is -0.386 e. The van der Waals surface area contributed by atoms with Gasteiger partial charge in [-0.1, -0.05) is 16.4 Å². The topological polar surface area (TPSA) is 146 Å². The standard InChI is InChI=1S/C18H18N6O3S/c1-10(2)23-26-18(27-24-11(3)4)17(9-20)14(13(25)12-6-5-7-28-12)16(17,8-19)15(21)22-18/h5-7,14H,1-4H3,(H2,21,22)/t14-,16+,17+/m1/s1. The van der Waals surface area contributed by atoms with E-state index in [2.05, 4.69) is 15.3 Å². The molecule has 0 amide bonds. The number of amidine groups is 1. The zero-order valence-corrected chi connectivity index (χ0v) is 16.6. The van der Waals surface area contributed by atoms with Crippen LogP contribution in [0.15, 0.2) is 32.8 Å². The molecule has 1 aromatic rings. The van der Waals surface area contributed by atoms with Gasteiger partial charge in [-0.05, 0) is 39.1 Å². The maximum atomic E-state index is 13.1. The zero-order valence-electron chi connectivity index (χ0n) is 15.8. The van der Waals surface area contributed by atoms with E-state index in [1.54, 1.807) is 45.2 Å². The van der Waals surface area contributed by atoms with Crippen molar-refractivity contribution in [3.63, 3.8) is 0 Å². The normalized spacial score (nSPS) is 28.6. The molecule has 0 bridgehead atoms. The molecular weight excluding hydrogens is 380 g/mol. The van der Waals surface area contributed by atoms with Gasteiger partial charge < -0.3 is 15.4 Å². The number of rotatable bonds is 6. The summed E-state index contributed by atoms with van der Waals surface area (Å²) in [6.45, 7) is 6.67. The van der Waals surface area contributed by atoms with Crippen LogP contribution >= 0.6 is 11.3 Å². The predicted molar refractivity (Wildman–Crippen MR) is 102 cm³/mol. The van der Waals surface area contributed by atoms with Crippen molar-refractivity contribution in [3.8, 4) is 12.1 Å². The minimum absolute atomic E-state index is 0.209. The molecule has 1 aliphatic carbocycles. The minimum atomic E-state index is -2.15. The van der Waals surface area contributed by atoms with Crippen LogP contribution in [0.4, 0.5) is 0 Å². The Hall–Kier alpha value is -3.24. The maximum Gasteiger partial charge on any atom is 0.421 e. The van der Waals surface area contributed by atoms with E-state index in [0.29, 0.717) is 16.3 Å². The average molecular weight is 398 g/mol. The molecule has 2 N–H and O–H groups in total. The number of Topliss-reactive ketones (excluding diaryl/α,β-unsaturated/α-hetero) is 1. The van der Waals surface area contributed by atoms with Crippen LogP contribution in [0.25, 0.3) is 0 Å². The van der Waals surface area contributed by atoms with Crippen molar-refractivity contribution in [2.75, 3.05) is 0 Å². The van der Waals surface area contributed by atoms with Crippen LogP contribution in [-0.2, 0) is 9.68 Å². The molecule has 1 aromatic heterocycles. The molecule has 0 spiro atoms. The molecule has 1 saturated carbocycles. The molecule has 2 aliphatic rings. The van der Waals surface area contributed by atoms with Crippen molar-refractivity contribution in [2.24, 2.45) is 37.8 Å². The van der Waals surface area contributed by atoms with Crippen LogP contribution in [0, 0.1) is 39.4 Å². The van der Waals surface area contributed by atoms with E-state index in [0.717, 1.165) is 0 Å². The zero-order chi connectivity index (χ0) is 20.7. The highest BCUT2D eigenvalue weighted by atomic mass is 32.1. The molecule has 0 unspecified atom stereocenters. The molecule has 10 heteroatoms. The number of aliphatic imine (C=N–C) groups is 1. The largest absolute Gasteiger partial charge is 0.421 e. The summed E-state index contributed by atoms with van der Waals surface area (Å²) in [6.07, 6.45) is 0. The first-order valence-corrected chi connectivity index (χ1v) is 9.25. The van der Waals surface area contributed by atoms with Gasteiger partial charge in [-0.15, -0.1) is 11.3 Å². The summed E-state index contributed by atoms with van der Waals surface area (Å²) >= 11 is 1.21. The lowest BCUT2D eigenvalue weighted by molar-refractivity contribution is -0.262. The van der Waals surface area contributed by atoms with Gasteiger partial charge >= 0.3 is 5.91 Å². The Labute approximate surface area is 165 Å². The Morgan fingerprint density at radius 1 is 1.21 bits per heavy atom. The van der Waals surface area contributed by atoms with Gasteiger partial charge in [-0.25, -0.2) is 0 Å². The Morgan fingerprint density at radius 2 is 1.82 bits per heavy atom. The van der Waals surface area contributed by atoms with Crippen molar-refractivity contribution in [2.45, 2.75) is 33.6 Å². The summed E-state index contributed by atoms with van der Waals surface area (Å²) in [5, 5.41) is 29.6. The second kappa shape index (κ2) is 6.43. The van der Waals surface area contributed by atoms with Gasteiger partial charge in [0.25, 0.3) is 0 Å². The van der Waals surface area contributed by atoms with Crippen LogP contribution < -0.4 is 5.73 Å². The molecule has 9 nitrogen and oxygen atoms in total. The quantitative estimate of drug-likeness (QED) is 0.337. The Balaban J connectivity index is 2.20. The van der Waals surface area contributed by atoms with Crippen molar-refractivity contribution < 1.29 is 14.5 Å². The fraction of sp³-hybridized carbons (Fsp3) is 0.444. The van der Waals surface area contributed by atoms with Gasteiger partial charge in [0, 0.05) is 0 Å². The SMILES string of the molecule is CC(C)=NOC1(ON=C(C)C)N=C(N)[C@]2(C#N)[C@@H](C(=O)c3cccs3)[C@]12C#N. The number of carbonyl (C=O) groups is 1. The summed E-state index contributed by atoms with van der Waals surface area (Å²) in [6, 6.07) is 7.40. The van der Waals surface area contributed by atoms with Gasteiger partial charge in [0.2, 0.25) is 5.41 Å². The number of nitriles is 2. The molecule has 144 valence electrons. The van der Waals surface area contributed by atoms with Crippen LogP contribution in [0.3, 0.4) is 0 Å². The van der Waals surface area contributed by atoms with Crippen molar-refractivity contribution in [3.05, 3.63) is 22.4 Å². The number of nitrogens with two attached hydrogens (primary N) is 1. The van der Waals surface area contributed by atoms with E-state index in [-0.39, 0.29) is 5.84 Å². The summed E-state index contributed by atoms with van der Waals surface area (Å²) in [4.78, 5) is 28.7. The lowest BCUT2D eigenvalue weighted by Crippen LogP contribution is -2.42. The van der Waals surface area contributed by atoms with E-state index in [1.165, 1.54) is 11.3 Å². The van der Waals surface area contributed by atoms with Gasteiger partial charge in [-0.2, -0.15) is 15.5 Å². The monoisotopic (exact) mass is 398 g/mol. The Kier molecular flexibility index (Phi) is 4.48. The van der Waals surface area contributed by atoms with Crippen LogP contribution in [0.1, 0.15) is 37.4 Å². The van der Waals surface area contributed by atoms with Gasteiger partial charge in [0.1, 0.15) is 5.84 Å². The highest BCUT2D eigenvalue weighted by Gasteiger charge is 2.97. The number of ketones is 1. The maximum absolute atomic E-state index is 13.1. The van der Waals surface area contributed by atoms with Crippen LogP contribution in [0.2, 0.25) is 0 Å². The highest BCUT2D eigenvalue weighted by molar-refractivity contribution is 7.12. The van der Waals surface area contributed by atoms with E-state index in [1.807, 2.05) is 12.1 Å². The summed E-state index contributed by atoms with van der Waals surface area (Å²) in [5.74, 6) is -3.87. The number of nitrogens with zero attached hydrogens (tertiary/aromatic N) is 5. The fourth-order valence-electron chi connectivity index (χ4n) is 3.49. The number of carbonyl (C=O) groups excluding carboxylic acids is 1. The summed E-state index contributed by atoms with van der Waals surface area (Å²) in [7, 11) is 0. The first kappa shape index (κ1) is 19.5. The third-order valence-electron chi connectivity index (χ3n) is 4.66. The molecule has 1 fully saturated rings. The molecule has 0 saturated heterocycles. The molecule has 3 rings (SSSR count). The number of thiophene rings is 1. The summed E-state index contributed by atoms with van der Waals surface area (Å²) in [5.41, 5.74) is 3.59. The highest BCUT2D eigenvalue weighted by Crippen LogP contribution is 2.78. The van der Waals surface area contributed by atoms with Gasteiger partial charge in [-0.3, -0.25) is 4.79 Å². The fourth-order valence-corrected chi connectivity index (χ4v) is 4.18. The third-order valence-corrected chi connectivity index (χ3v) is 5.54. The second-order valence-electron chi connectivity index (χ2n) is 6.95. The molecule has 0 aromatic carbocycles. The van der Waals surface area contributed by atoms with Gasteiger partial charge in [0.05, 0.1) is 34.4 Å². The molecule has 3 atom stereocenters. The van der Waals surface area contributed by atoms with Crippen molar-refractivity contribution in [1.82, 2.24) is 0 Å². The van der Waals surface area contributed by atoms with Crippen molar-refractivity contribution >= 4 is 34.4 Å². The number of oxime groups is 2. The van der Waals surface area contributed by atoms with Gasteiger partial charge in [0.15, 0.2) is 11.2 Å². The third kappa shape index (κ3) is 2.28. The smallest absolute Gasteiger partial charge is 0.386 e. The van der Waals surface area contributed by atoms with E-state index >= 15 is 0 Å². The summed E-state index contributed by atoms with van der Waals surface area (Å²) < 4.78 is 0. The van der Waals surface area contributed by atoms with Crippen LogP contribution in [0.5, 0.6) is 0 Å². The average Bonchev–Trinajstić information content (AvgIpc) is 2.93. The van der Waals surface area contributed by atoms with E-state index in [4.69, 9.17) is 15.4 Å². The van der Waals surface area contributed by atoms with Crippen LogP contribution in [-0.4, -0.2) is 29.0 Å².